The van der Waals surface area contributed by atoms with Gasteiger partial charge in [0.2, 0.25) is 0 Å². The largest absolute Gasteiger partial charge is 0.338 e. The van der Waals surface area contributed by atoms with Crippen molar-refractivity contribution in [3.63, 3.8) is 0 Å². The third-order valence-corrected chi connectivity index (χ3v) is 3.51. The average molecular weight is 267 g/mol. The van der Waals surface area contributed by atoms with Crippen LogP contribution in [0.5, 0.6) is 0 Å². The van der Waals surface area contributed by atoms with Gasteiger partial charge in [0, 0.05) is 19.3 Å². The van der Waals surface area contributed by atoms with Gasteiger partial charge in [-0.2, -0.15) is 0 Å². The zero-order valence-electron chi connectivity index (χ0n) is 11.2. The van der Waals surface area contributed by atoms with Gasteiger partial charge in [0.15, 0.2) is 0 Å². The number of aromatic nitrogens is 1. The van der Waals surface area contributed by atoms with E-state index < -0.39 is 0 Å². The van der Waals surface area contributed by atoms with Crippen molar-refractivity contribution in [3.05, 3.63) is 65.5 Å². The maximum Gasteiger partial charge on any atom is 0.318 e. The summed E-state index contributed by atoms with van der Waals surface area (Å²) in [5, 5.41) is 2.97. The average Bonchev–Trinajstić information content (AvgIpc) is 2.92. The highest BCUT2D eigenvalue weighted by Crippen LogP contribution is 2.19. The van der Waals surface area contributed by atoms with Crippen LogP contribution in [0.15, 0.2) is 48.7 Å². The van der Waals surface area contributed by atoms with Crippen molar-refractivity contribution in [2.75, 3.05) is 6.54 Å². The fraction of sp³-hybridized carbons (Fsp3) is 0.250. The lowest BCUT2D eigenvalue weighted by Gasteiger charge is -2.16. The minimum absolute atomic E-state index is 0.0149. The molecule has 4 nitrogen and oxygen atoms in total. The summed E-state index contributed by atoms with van der Waals surface area (Å²) < 4.78 is 0. The van der Waals surface area contributed by atoms with E-state index in [1.807, 2.05) is 30.3 Å². The molecule has 0 saturated heterocycles. The Morgan fingerprint density at radius 1 is 1.15 bits per heavy atom. The zero-order valence-corrected chi connectivity index (χ0v) is 11.2. The number of hydrogen-bond donors (Lipinski definition) is 1. The Morgan fingerprint density at radius 2 is 2.00 bits per heavy atom. The molecule has 2 heterocycles. The molecular weight excluding hydrogens is 250 g/mol. The molecular formula is C16H17N3O. The molecule has 20 heavy (non-hydrogen) atoms. The maximum absolute atomic E-state index is 12.1. The summed E-state index contributed by atoms with van der Waals surface area (Å²) in [4.78, 5) is 18.2. The normalized spacial score (nSPS) is 13.1. The number of benzene rings is 1. The van der Waals surface area contributed by atoms with Crippen molar-refractivity contribution >= 4 is 6.03 Å². The highest BCUT2D eigenvalue weighted by molar-refractivity contribution is 5.74. The van der Waals surface area contributed by atoms with Crippen molar-refractivity contribution < 1.29 is 4.79 Å². The molecule has 0 spiro atoms. The van der Waals surface area contributed by atoms with Gasteiger partial charge in [0.25, 0.3) is 0 Å². The van der Waals surface area contributed by atoms with E-state index in [0.717, 1.165) is 17.7 Å². The molecule has 0 fully saturated rings. The molecule has 0 atom stereocenters. The zero-order chi connectivity index (χ0) is 13.8. The Bertz CT molecular complexity index is 573. The van der Waals surface area contributed by atoms with Gasteiger partial charge in [-0.3, -0.25) is 4.98 Å². The number of nitrogens with zero attached hydrogens (tertiary/aromatic N) is 2. The van der Waals surface area contributed by atoms with Gasteiger partial charge < -0.3 is 10.2 Å². The molecule has 2 aromatic rings. The lowest BCUT2D eigenvalue weighted by atomic mass is 10.1. The van der Waals surface area contributed by atoms with Crippen LogP contribution in [0.2, 0.25) is 0 Å². The van der Waals surface area contributed by atoms with Crippen LogP contribution in [0.1, 0.15) is 16.8 Å². The molecule has 3 rings (SSSR count). The SMILES string of the molecule is O=C(NCCc1ccccc1)N1Cc2cccnc2C1. The van der Waals surface area contributed by atoms with Crippen LogP contribution in [-0.2, 0) is 19.5 Å². The summed E-state index contributed by atoms with van der Waals surface area (Å²) >= 11 is 0. The predicted octanol–water partition coefficient (Wildman–Crippen LogP) is 2.35. The van der Waals surface area contributed by atoms with Gasteiger partial charge in [0.1, 0.15) is 0 Å². The number of hydrogen-bond acceptors (Lipinski definition) is 2. The lowest BCUT2D eigenvalue weighted by molar-refractivity contribution is 0.198. The van der Waals surface area contributed by atoms with E-state index in [-0.39, 0.29) is 6.03 Å². The molecule has 0 radical (unpaired) electrons. The number of nitrogens with one attached hydrogen (secondary N) is 1. The molecule has 0 unspecified atom stereocenters. The first-order valence-corrected chi connectivity index (χ1v) is 6.82. The van der Waals surface area contributed by atoms with Crippen LogP contribution in [0.3, 0.4) is 0 Å². The maximum atomic E-state index is 12.1. The third kappa shape index (κ3) is 2.79. The Balaban J connectivity index is 1.49. The molecule has 1 aromatic heterocycles. The summed E-state index contributed by atoms with van der Waals surface area (Å²) in [7, 11) is 0. The van der Waals surface area contributed by atoms with Crippen LogP contribution in [0.25, 0.3) is 0 Å². The Morgan fingerprint density at radius 3 is 2.80 bits per heavy atom. The minimum atomic E-state index is -0.0149. The quantitative estimate of drug-likeness (QED) is 0.927. The van der Waals surface area contributed by atoms with E-state index in [9.17, 15) is 4.79 Å². The number of urea groups is 1. The number of fused-ring (bicyclic) bond motifs is 1. The summed E-state index contributed by atoms with van der Waals surface area (Å²) in [6.45, 7) is 1.91. The van der Waals surface area contributed by atoms with E-state index >= 15 is 0 Å². The van der Waals surface area contributed by atoms with Crippen molar-refractivity contribution in [1.82, 2.24) is 15.2 Å². The van der Waals surface area contributed by atoms with Gasteiger partial charge in [0.05, 0.1) is 12.2 Å². The van der Waals surface area contributed by atoms with Gasteiger partial charge in [-0.05, 0) is 23.6 Å². The molecule has 1 aromatic carbocycles. The predicted molar refractivity (Wildman–Crippen MR) is 77.0 cm³/mol. The monoisotopic (exact) mass is 267 g/mol. The molecule has 4 heteroatoms. The van der Waals surface area contributed by atoms with Crippen LogP contribution in [0.4, 0.5) is 4.79 Å². The van der Waals surface area contributed by atoms with Crippen LogP contribution < -0.4 is 5.32 Å². The highest BCUT2D eigenvalue weighted by atomic mass is 16.2. The van der Waals surface area contributed by atoms with Crippen molar-refractivity contribution in [2.24, 2.45) is 0 Å². The number of rotatable bonds is 3. The van der Waals surface area contributed by atoms with Gasteiger partial charge in [-0.1, -0.05) is 36.4 Å². The first-order valence-electron chi connectivity index (χ1n) is 6.82. The fourth-order valence-corrected chi connectivity index (χ4v) is 2.41. The van der Waals surface area contributed by atoms with Gasteiger partial charge >= 0.3 is 6.03 Å². The van der Waals surface area contributed by atoms with E-state index in [1.165, 1.54) is 5.56 Å². The summed E-state index contributed by atoms with van der Waals surface area (Å²) in [6.07, 6.45) is 2.63. The highest BCUT2D eigenvalue weighted by Gasteiger charge is 2.23. The Labute approximate surface area is 118 Å². The van der Waals surface area contributed by atoms with Crippen molar-refractivity contribution in [2.45, 2.75) is 19.5 Å². The second-order valence-corrected chi connectivity index (χ2v) is 4.93. The van der Waals surface area contributed by atoms with E-state index in [4.69, 9.17) is 0 Å². The first-order chi connectivity index (χ1) is 9.83. The molecule has 1 aliphatic rings. The summed E-state index contributed by atoms with van der Waals surface area (Å²) in [6, 6.07) is 14.1. The summed E-state index contributed by atoms with van der Waals surface area (Å²) in [5.74, 6) is 0. The Hall–Kier alpha value is -2.36. The van der Waals surface area contributed by atoms with Crippen LogP contribution >= 0.6 is 0 Å². The molecule has 0 aliphatic carbocycles. The molecule has 102 valence electrons. The van der Waals surface area contributed by atoms with Crippen LogP contribution in [0, 0.1) is 0 Å². The number of carbonyl (C=O) groups excluding carboxylic acids is 1. The molecule has 2 amide bonds. The van der Waals surface area contributed by atoms with E-state index in [0.29, 0.717) is 19.6 Å². The number of amides is 2. The van der Waals surface area contributed by atoms with Crippen LogP contribution in [-0.4, -0.2) is 22.5 Å². The molecule has 1 aliphatic heterocycles. The number of pyridine rings is 1. The second kappa shape index (κ2) is 5.74. The topological polar surface area (TPSA) is 45.2 Å². The second-order valence-electron chi connectivity index (χ2n) is 4.93. The van der Waals surface area contributed by atoms with Gasteiger partial charge in [-0.15, -0.1) is 0 Å². The lowest BCUT2D eigenvalue weighted by Crippen LogP contribution is -2.37. The number of carbonyl (C=O) groups is 1. The first kappa shape index (κ1) is 12.7. The molecule has 0 bridgehead atoms. The smallest absolute Gasteiger partial charge is 0.318 e. The molecule has 0 saturated carbocycles. The van der Waals surface area contributed by atoms with Crippen molar-refractivity contribution in [1.29, 1.82) is 0 Å². The van der Waals surface area contributed by atoms with E-state index in [2.05, 4.69) is 22.4 Å². The minimum Gasteiger partial charge on any atom is -0.338 e. The van der Waals surface area contributed by atoms with E-state index in [1.54, 1.807) is 11.1 Å². The third-order valence-electron chi connectivity index (χ3n) is 3.51. The van der Waals surface area contributed by atoms with Gasteiger partial charge in [-0.25, -0.2) is 4.79 Å². The fourth-order valence-electron chi connectivity index (χ4n) is 2.41. The summed E-state index contributed by atoms with van der Waals surface area (Å²) in [5.41, 5.74) is 3.38. The standard InChI is InChI=1S/C16H17N3O/c20-16(18-10-8-13-5-2-1-3-6-13)19-11-14-7-4-9-17-15(14)12-19/h1-7,9H,8,10-12H2,(H,18,20). The molecule has 1 N–H and O–H groups in total. The van der Waals surface area contributed by atoms with Crippen molar-refractivity contribution in [3.8, 4) is 0 Å². The Kier molecular flexibility index (Phi) is 3.63.